The highest BCUT2D eigenvalue weighted by Crippen LogP contribution is 2.39. The lowest BCUT2D eigenvalue weighted by Crippen LogP contribution is -2.40. The predicted molar refractivity (Wildman–Crippen MR) is 205 cm³/mol. The molecule has 2 fully saturated rings. The highest BCUT2D eigenvalue weighted by molar-refractivity contribution is 6.18. The maximum Gasteiger partial charge on any atom is 0.341 e. The third-order valence-corrected chi connectivity index (χ3v) is 9.70. The Kier molecular flexibility index (Phi) is 17.3. The summed E-state index contributed by atoms with van der Waals surface area (Å²) in [7, 11) is 1.45. The van der Waals surface area contributed by atoms with Crippen molar-refractivity contribution in [3.8, 4) is 0 Å². The van der Waals surface area contributed by atoms with Crippen LogP contribution in [0.25, 0.3) is 5.57 Å². The van der Waals surface area contributed by atoms with Crippen molar-refractivity contribution in [1.29, 1.82) is 0 Å². The molecule has 1 aliphatic heterocycles. The van der Waals surface area contributed by atoms with Crippen LogP contribution >= 0.6 is 0 Å². The van der Waals surface area contributed by atoms with Crippen molar-refractivity contribution < 1.29 is 42.7 Å². The number of esters is 2. The van der Waals surface area contributed by atoms with E-state index in [4.69, 9.17) is 33.2 Å². The van der Waals surface area contributed by atoms with E-state index in [0.29, 0.717) is 45.2 Å². The molecule has 2 aromatic rings. The summed E-state index contributed by atoms with van der Waals surface area (Å²) in [6.07, 6.45) is 6.11. The van der Waals surface area contributed by atoms with Gasteiger partial charge in [-0.2, -0.15) is 0 Å². The third kappa shape index (κ3) is 14.5. The smallest absolute Gasteiger partial charge is 0.341 e. The van der Waals surface area contributed by atoms with Gasteiger partial charge in [-0.05, 0) is 102 Å². The van der Waals surface area contributed by atoms with E-state index >= 15 is 0 Å². The Hall–Kier alpha value is -3.28. The Morgan fingerprint density at radius 2 is 1.36 bits per heavy atom. The number of likely N-dealkylation sites (tertiary alicyclic amines) is 1. The van der Waals surface area contributed by atoms with Crippen molar-refractivity contribution in [1.82, 2.24) is 4.90 Å². The van der Waals surface area contributed by atoms with Gasteiger partial charge in [0, 0.05) is 25.6 Å². The molecule has 0 unspecified atom stereocenters. The highest BCUT2D eigenvalue weighted by atomic mass is 16.6. The largest absolute Gasteiger partial charge is 0.492 e. The summed E-state index contributed by atoms with van der Waals surface area (Å²) in [6, 6.07) is 14.4. The van der Waals surface area contributed by atoms with Crippen molar-refractivity contribution in [3.63, 3.8) is 0 Å². The summed E-state index contributed by atoms with van der Waals surface area (Å²) in [5.74, 6) is 0.103. The van der Waals surface area contributed by atoms with E-state index in [1.165, 1.54) is 7.11 Å². The summed E-state index contributed by atoms with van der Waals surface area (Å²) < 4.78 is 40.6. The van der Waals surface area contributed by atoms with E-state index in [0.717, 1.165) is 91.7 Å². The fourth-order valence-electron chi connectivity index (χ4n) is 7.29. The average molecular weight is 738 g/mol. The number of ether oxygens (including phenoxy) is 7. The first-order valence-electron chi connectivity index (χ1n) is 19.3. The van der Waals surface area contributed by atoms with Gasteiger partial charge in [0.05, 0.1) is 52.4 Å². The molecule has 0 radical (unpaired) electrons. The topological polar surface area (TPSA) is 102 Å². The predicted octanol–water partition coefficient (Wildman–Crippen LogP) is 7.14. The van der Waals surface area contributed by atoms with Crippen LogP contribution in [0.2, 0.25) is 0 Å². The number of methoxy groups -OCH3 is 1. The van der Waals surface area contributed by atoms with Gasteiger partial charge in [0.15, 0.2) is 0 Å². The van der Waals surface area contributed by atoms with Crippen LogP contribution in [0.3, 0.4) is 0 Å². The van der Waals surface area contributed by atoms with E-state index in [1.807, 2.05) is 51.1 Å². The number of aryl methyl sites for hydroxylation is 3. The number of hydrogen-bond acceptors (Lipinski definition) is 10. The lowest BCUT2D eigenvalue weighted by Gasteiger charge is -2.36. The highest BCUT2D eigenvalue weighted by Gasteiger charge is 2.33. The molecular formula is C43H63NO9. The molecule has 2 aromatic carbocycles. The molecule has 4 rings (SSSR count). The quantitative estimate of drug-likeness (QED) is 0.0640. The number of hydrogen-bond donors (Lipinski definition) is 0. The Bertz CT molecular complexity index is 1430. The van der Waals surface area contributed by atoms with E-state index in [9.17, 15) is 9.59 Å². The number of carbonyl (C=O) groups excluding carboxylic acids is 2. The molecule has 1 saturated carbocycles. The number of nitrogens with zero attached hydrogens (tertiary/aromatic N) is 1. The standard InChI is InChI=1S/C43H63NO9/c1-31-27-32(2)39(33(3)28-31)40(42(46)47-7)41(51-29-34-11-9-8-10-12-34)35-13-15-36(16-14-35)52-37-17-19-44(20-18-37)21-22-48-23-24-49-25-26-50-30-38(45)53-43(4,5)6/h8-12,27-28,35-37H,13-26,29-30H2,1-7H3/b41-40+. The van der Waals surface area contributed by atoms with Gasteiger partial charge in [0.2, 0.25) is 0 Å². The number of benzene rings is 2. The molecule has 1 saturated heterocycles. The third-order valence-electron chi connectivity index (χ3n) is 9.70. The molecule has 10 nitrogen and oxygen atoms in total. The van der Waals surface area contributed by atoms with Crippen molar-refractivity contribution >= 4 is 17.5 Å². The molecule has 0 spiro atoms. The molecule has 1 aliphatic carbocycles. The number of rotatable bonds is 19. The Balaban J connectivity index is 1.19. The van der Waals surface area contributed by atoms with Crippen LogP contribution in [-0.4, -0.2) is 101 Å². The van der Waals surface area contributed by atoms with Crippen LogP contribution in [0.5, 0.6) is 0 Å². The second-order valence-electron chi connectivity index (χ2n) is 15.3. The minimum absolute atomic E-state index is 0.0722. The lowest BCUT2D eigenvalue weighted by molar-refractivity contribution is -0.160. The molecule has 0 bridgehead atoms. The molecule has 0 amide bonds. The molecule has 2 aliphatic rings. The van der Waals surface area contributed by atoms with Gasteiger partial charge in [0.1, 0.15) is 30.1 Å². The van der Waals surface area contributed by atoms with Crippen LogP contribution in [0, 0.1) is 26.7 Å². The summed E-state index contributed by atoms with van der Waals surface area (Å²) in [6.45, 7) is 17.3. The molecule has 0 aromatic heterocycles. The molecule has 0 atom stereocenters. The summed E-state index contributed by atoms with van der Waals surface area (Å²) in [5.41, 5.74) is 5.26. The second kappa shape index (κ2) is 21.6. The summed E-state index contributed by atoms with van der Waals surface area (Å²) >= 11 is 0. The Morgan fingerprint density at radius 3 is 1.96 bits per heavy atom. The van der Waals surface area contributed by atoms with Crippen LogP contribution in [0.4, 0.5) is 0 Å². The van der Waals surface area contributed by atoms with Crippen molar-refractivity contribution in [2.45, 2.75) is 104 Å². The zero-order chi connectivity index (χ0) is 38.2. The Labute approximate surface area is 317 Å². The van der Waals surface area contributed by atoms with E-state index in [-0.39, 0.29) is 36.7 Å². The van der Waals surface area contributed by atoms with Gasteiger partial charge in [-0.15, -0.1) is 0 Å². The summed E-state index contributed by atoms with van der Waals surface area (Å²) in [5, 5.41) is 0. The van der Waals surface area contributed by atoms with Crippen LogP contribution < -0.4 is 0 Å². The monoisotopic (exact) mass is 737 g/mol. The zero-order valence-corrected chi connectivity index (χ0v) is 33.2. The normalized spacial score (nSPS) is 19.1. The van der Waals surface area contributed by atoms with Gasteiger partial charge in [-0.1, -0.05) is 48.0 Å². The molecule has 10 heteroatoms. The lowest BCUT2D eigenvalue weighted by atomic mass is 9.82. The van der Waals surface area contributed by atoms with Gasteiger partial charge >= 0.3 is 11.9 Å². The van der Waals surface area contributed by atoms with Crippen LogP contribution in [0.1, 0.15) is 87.1 Å². The second-order valence-corrected chi connectivity index (χ2v) is 15.3. The molecular weight excluding hydrogens is 674 g/mol. The minimum atomic E-state index is -0.511. The van der Waals surface area contributed by atoms with Crippen molar-refractivity contribution in [2.75, 3.05) is 66.4 Å². The molecule has 53 heavy (non-hydrogen) atoms. The van der Waals surface area contributed by atoms with Crippen LogP contribution in [-0.2, 0) is 49.4 Å². The van der Waals surface area contributed by atoms with Crippen molar-refractivity contribution in [3.05, 3.63) is 76.0 Å². The first kappa shape index (κ1) is 42.5. The zero-order valence-electron chi connectivity index (χ0n) is 33.2. The average Bonchev–Trinajstić information content (AvgIpc) is 3.12. The van der Waals surface area contributed by atoms with Gasteiger partial charge in [-0.3, -0.25) is 0 Å². The van der Waals surface area contributed by atoms with E-state index < -0.39 is 5.60 Å². The van der Waals surface area contributed by atoms with Crippen molar-refractivity contribution in [2.24, 2.45) is 5.92 Å². The molecule has 294 valence electrons. The first-order valence-corrected chi connectivity index (χ1v) is 19.3. The van der Waals surface area contributed by atoms with Crippen LogP contribution in [0.15, 0.2) is 48.2 Å². The number of carbonyl (C=O) groups is 2. The minimum Gasteiger partial charge on any atom is -0.492 e. The fourth-order valence-corrected chi connectivity index (χ4v) is 7.29. The van der Waals surface area contributed by atoms with E-state index in [1.54, 1.807) is 0 Å². The maximum absolute atomic E-state index is 13.5. The van der Waals surface area contributed by atoms with Gasteiger partial charge in [0.25, 0.3) is 0 Å². The maximum atomic E-state index is 13.5. The number of piperidine rings is 1. The summed E-state index contributed by atoms with van der Waals surface area (Å²) in [4.78, 5) is 27.6. The van der Waals surface area contributed by atoms with Gasteiger partial charge in [-0.25, -0.2) is 9.59 Å². The Morgan fingerprint density at radius 1 is 0.774 bits per heavy atom. The number of allylic oxidation sites excluding steroid dienone is 1. The first-order chi connectivity index (χ1) is 25.4. The van der Waals surface area contributed by atoms with Gasteiger partial charge < -0.3 is 38.1 Å². The molecule has 0 N–H and O–H groups in total. The molecule has 1 heterocycles. The SMILES string of the molecule is COC(=O)/C(=C(/OCc1ccccc1)C1CCC(OC2CCN(CCOCCOCCOCC(=O)OC(C)(C)C)CC2)CC1)c1c(C)cc(C)cc1C. The van der Waals surface area contributed by atoms with E-state index in [2.05, 4.69) is 37.8 Å². The fraction of sp³-hybridized carbons (Fsp3) is 0.628.